The van der Waals surface area contributed by atoms with Crippen molar-refractivity contribution in [2.75, 3.05) is 0 Å². The maximum atomic E-state index is 11.6. The summed E-state index contributed by atoms with van der Waals surface area (Å²) < 4.78 is 0. The van der Waals surface area contributed by atoms with Crippen molar-refractivity contribution >= 4 is 17.9 Å². The van der Waals surface area contributed by atoms with Crippen molar-refractivity contribution < 1.29 is 9.72 Å². The van der Waals surface area contributed by atoms with Gasteiger partial charge in [0.15, 0.2) is 0 Å². The van der Waals surface area contributed by atoms with Crippen LogP contribution in [0.15, 0.2) is 0 Å². The quantitative estimate of drug-likeness (QED) is 0.132. The maximum Gasteiger partial charge on any atom is 0.238 e. The second kappa shape index (κ2) is 11.0. The summed E-state index contributed by atoms with van der Waals surface area (Å²) in [5.74, 6) is 0.0972. The highest BCUT2D eigenvalue weighted by atomic mass is 35.5. The molecule has 0 aromatic rings. The van der Waals surface area contributed by atoms with Crippen LogP contribution in [0, 0.1) is 16.0 Å². The van der Waals surface area contributed by atoms with E-state index in [1.54, 1.807) is 6.92 Å². The van der Waals surface area contributed by atoms with Gasteiger partial charge < -0.3 is 4.79 Å². The number of hydrogen-bond acceptors (Lipinski definition) is 3. The van der Waals surface area contributed by atoms with Crippen molar-refractivity contribution in [2.45, 2.75) is 102 Å². The SMILES string of the molecule is CCCCCCC(C)([N+](=O)[O-])C(C)(Cl)CCCCCC(C)C=O. The van der Waals surface area contributed by atoms with Crippen molar-refractivity contribution in [1.29, 1.82) is 0 Å². The minimum absolute atomic E-state index is 0.0972. The first-order valence-corrected chi connectivity index (χ1v) is 9.37. The van der Waals surface area contributed by atoms with E-state index in [1.165, 1.54) is 0 Å². The Labute approximate surface area is 146 Å². The fourth-order valence-corrected chi connectivity index (χ4v) is 3.17. The molecule has 3 atom stereocenters. The molecule has 0 aromatic heterocycles. The van der Waals surface area contributed by atoms with Crippen LogP contribution in [0.2, 0.25) is 0 Å². The van der Waals surface area contributed by atoms with E-state index < -0.39 is 10.4 Å². The molecule has 4 nitrogen and oxygen atoms in total. The van der Waals surface area contributed by atoms with E-state index in [1.807, 2.05) is 13.8 Å². The van der Waals surface area contributed by atoms with Gasteiger partial charge in [0.05, 0.1) is 0 Å². The van der Waals surface area contributed by atoms with Crippen LogP contribution in [0.3, 0.4) is 0 Å². The molecule has 5 heteroatoms. The average Bonchev–Trinajstić information content (AvgIpc) is 2.50. The molecule has 0 saturated heterocycles. The summed E-state index contributed by atoms with van der Waals surface area (Å²) in [6, 6.07) is 0. The van der Waals surface area contributed by atoms with Gasteiger partial charge in [-0.1, -0.05) is 52.4 Å². The molecule has 3 unspecified atom stereocenters. The zero-order valence-corrected chi connectivity index (χ0v) is 16.0. The summed E-state index contributed by atoms with van der Waals surface area (Å²) in [6.45, 7) is 7.55. The highest BCUT2D eigenvalue weighted by molar-refractivity contribution is 6.24. The molecular formula is C18H34ClNO3. The number of halogens is 1. The van der Waals surface area contributed by atoms with Crippen molar-refractivity contribution in [3.63, 3.8) is 0 Å². The lowest BCUT2D eigenvalue weighted by atomic mass is 9.79. The average molecular weight is 348 g/mol. The van der Waals surface area contributed by atoms with Crippen LogP contribution in [0.25, 0.3) is 0 Å². The van der Waals surface area contributed by atoms with Crippen LogP contribution >= 0.6 is 11.6 Å². The second-order valence-corrected chi connectivity index (χ2v) is 8.09. The number of unbranched alkanes of at least 4 members (excludes halogenated alkanes) is 5. The topological polar surface area (TPSA) is 60.2 Å². The molecule has 0 aliphatic rings. The molecule has 0 fully saturated rings. The second-order valence-electron chi connectivity index (χ2n) is 7.25. The van der Waals surface area contributed by atoms with Crippen molar-refractivity contribution in [3.05, 3.63) is 10.1 Å². The summed E-state index contributed by atoms with van der Waals surface area (Å²) in [4.78, 5) is 21.2. The van der Waals surface area contributed by atoms with Gasteiger partial charge in [-0.15, -0.1) is 11.6 Å². The minimum Gasteiger partial charge on any atom is -0.303 e. The van der Waals surface area contributed by atoms with E-state index in [-0.39, 0.29) is 10.8 Å². The summed E-state index contributed by atoms with van der Waals surface area (Å²) in [5.41, 5.74) is -1.08. The Morgan fingerprint density at radius 1 is 1.09 bits per heavy atom. The van der Waals surface area contributed by atoms with E-state index >= 15 is 0 Å². The molecule has 0 aliphatic heterocycles. The molecule has 0 aromatic carbocycles. The summed E-state index contributed by atoms with van der Waals surface area (Å²) in [6.07, 6.45) is 9.93. The first-order valence-electron chi connectivity index (χ1n) is 9.00. The smallest absolute Gasteiger partial charge is 0.238 e. The normalized spacial score (nSPS) is 18.0. The number of hydrogen-bond donors (Lipinski definition) is 0. The predicted octanol–water partition coefficient (Wildman–Crippen LogP) is 5.78. The Hall–Kier alpha value is -0.640. The largest absolute Gasteiger partial charge is 0.303 e. The highest BCUT2D eigenvalue weighted by Crippen LogP contribution is 2.40. The van der Waals surface area contributed by atoms with Crippen LogP contribution in [-0.4, -0.2) is 21.6 Å². The fourth-order valence-electron chi connectivity index (χ4n) is 2.88. The van der Waals surface area contributed by atoms with Crippen molar-refractivity contribution in [2.24, 2.45) is 5.92 Å². The maximum absolute atomic E-state index is 11.6. The number of carbonyl (C=O) groups excluding carboxylic acids is 1. The molecule has 0 spiro atoms. The number of carbonyl (C=O) groups is 1. The van der Waals surface area contributed by atoms with Gasteiger partial charge in [0, 0.05) is 24.2 Å². The predicted molar refractivity (Wildman–Crippen MR) is 96.7 cm³/mol. The third-order valence-corrected chi connectivity index (χ3v) is 5.68. The molecule has 0 radical (unpaired) electrons. The van der Waals surface area contributed by atoms with E-state index in [4.69, 9.17) is 11.6 Å². The van der Waals surface area contributed by atoms with Crippen LogP contribution in [-0.2, 0) is 4.79 Å². The molecule has 0 bridgehead atoms. The fraction of sp³-hybridized carbons (Fsp3) is 0.944. The monoisotopic (exact) mass is 347 g/mol. The Morgan fingerprint density at radius 3 is 2.17 bits per heavy atom. The molecule has 0 saturated carbocycles. The third kappa shape index (κ3) is 7.65. The standard InChI is InChI=1S/C18H34ClNO3/c1-5-6-7-11-14-18(4,20(22)23)17(3,19)13-10-8-9-12-16(2)15-21/h15-16H,5-14H2,1-4H3. The van der Waals surface area contributed by atoms with Gasteiger partial charge in [-0.05, 0) is 26.2 Å². The summed E-state index contributed by atoms with van der Waals surface area (Å²) >= 11 is 6.62. The highest BCUT2D eigenvalue weighted by Gasteiger charge is 2.52. The van der Waals surface area contributed by atoms with E-state index in [9.17, 15) is 14.9 Å². The molecule has 0 heterocycles. The first-order chi connectivity index (χ1) is 10.7. The van der Waals surface area contributed by atoms with Crippen LogP contribution in [0.1, 0.15) is 91.9 Å². The molecule has 0 N–H and O–H groups in total. The first kappa shape index (κ1) is 22.4. The van der Waals surface area contributed by atoms with Gasteiger partial charge in [0.25, 0.3) is 0 Å². The van der Waals surface area contributed by atoms with Crippen molar-refractivity contribution in [1.82, 2.24) is 0 Å². The van der Waals surface area contributed by atoms with Crippen LogP contribution in [0.5, 0.6) is 0 Å². The molecule has 136 valence electrons. The summed E-state index contributed by atoms with van der Waals surface area (Å²) in [5, 5.41) is 11.6. The third-order valence-electron chi connectivity index (χ3n) is 5.08. The molecule has 23 heavy (non-hydrogen) atoms. The Morgan fingerprint density at radius 2 is 1.65 bits per heavy atom. The van der Waals surface area contributed by atoms with Crippen LogP contribution < -0.4 is 0 Å². The number of nitrogens with zero attached hydrogens (tertiary/aromatic N) is 1. The molecule has 0 rings (SSSR count). The van der Waals surface area contributed by atoms with Gasteiger partial charge >= 0.3 is 0 Å². The Balaban J connectivity index is 4.44. The number of aldehydes is 1. The Kier molecular flexibility index (Phi) is 10.7. The van der Waals surface area contributed by atoms with Gasteiger partial charge in [-0.25, -0.2) is 0 Å². The Bertz CT molecular complexity index is 360. The van der Waals surface area contributed by atoms with Crippen LogP contribution in [0.4, 0.5) is 0 Å². The number of alkyl halides is 1. The lowest BCUT2D eigenvalue weighted by Gasteiger charge is -2.35. The van der Waals surface area contributed by atoms with E-state index in [0.29, 0.717) is 12.8 Å². The number of rotatable bonds is 14. The number of nitro groups is 1. The molecule has 0 amide bonds. The van der Waals surface area contributed by atoms with E-state index in [2.05, 4.69) is 6.92 Å². The van der Waals surface area contributed by atoms with Gasteiger partial charge in [0.1, 0.15) is 11.2 Å². The molecular weight excluding hydrogens is 314 g/mol. The lowest BCUT2D eigenvalue weighted by molar-refractivity contribution is -0.573. The minimum atomic E-state index is -1.08. The lowest BCUT2D eigenvalue weighted by Crippen LogP contribution is -2.52. The summed E-state index contributed by atoms with van der Waals surface area (Å²) in [7, 11) is 0. The van der Waals surface area contributed by atoms with E-state index in [0.717, 1.165) is 57.7 Å². The van der Waals surface area contributed by atoms with Gasteiger partial charge in [-0.2, -0.15) is 0 Å². The van der Waals surface area contributed by atoms with Gasteiger partial charge in [-0.3, -0.25) is 10.1 Å². The zero-order valence-electron chi connectivity index (χ0n) is 15.3. The molecule has 0 aliphatic carbocycles. The zero-order chi connectivity index (χ0) is 17.9. The van der Waals surface area contributed by atoms with Crippen molar-refractivity contribution in [3.8, 4) is 0 Å². The van der Waals surface area contributed by atoms with Gasteiger partial charge in [0.2, 0.25) is 5.54 Å².